The highest BCUT2D eigenvalue weighted by atomic mass is 79.9. The number of nitrogens with zero attached hydrogens (tertiary/aromatic N) is 2. The standard InChI is InChI=1S/C11H11BrN2O2/c1-6-13-9-5-7(11(15)16-3)4-8(12)10(9)14(6)2/h4-5H,1-3H3. The first-order valence-corrected chi connectivity index (χ1v) is 5.54. The van der Waals surface area contributed by atoms with Crippen LogP contribution in [-0.2, 0) is 11.8 Å². The Balaban J connectivity index is 2.73. The quantitative estimate of drug-likeness (QED) is 0.755. The number of hydrogen-bond donors (Lipinski definition) is 0. The summed E-state index contributed by atoms with van der Waals surface area (Å²) in [6.45, 7) is 1.92. The Hall–Kier alpha value is -1.36. The van der Waals surface area contributed by atoms with Gasteiger partial charge in [0.15, 0.2) is 0 Å². The van der Waals surface area contributed by atoms with Gasteiger partial charge in [0.1, 0.15) is 5.82 Å². The average Bonchev–Trinajstić information content (AvgIpc) is 2.54. The Labute approximate surface area is 101 Å². The normalized spacial score (nSPS) is 10.8. The van der Waals surface area contributed by atoms with E-state index in [0.717, 1.165) is 21.3 Å². The van der Waals surface area contributed by atoms with Gasteiger partial charge >= 0.3 is 5.97 Å². The first-order valence-electron chi connectivity index (χ1n) is 4.75. The molecule has 5 heteroatoms. The van der Waals surface area contributed by atoms with Crippen molar-refractivity contribution in [3.63, 3.8) is 0 Å². The van der Waals surface area contributed by atoms with Gasteiger partial charge in [-0.2, -0.15) is 0 Å². The van der Waals surface area contributed by atoms with Crippen molar-refractivity contribution >= 4 is 32.9 Å². The molecule has 2 aromatic rings. The van der Waals surface area contributed by atoms with Gasteiger partial charge in [-0.15, -0.1) is 0 Å². The summed E-state index contributed by atoms with van der Waals surface area (Å²) in [4.78, 5) is 15.8. The molecular formula is C11H11BrN2O2. The number of fused-ring (bicyclic) bond motifs is 1. The van der Waals surface area contributed by atoms with Crippen LogP contribution in [0.15, 0.2) is 16.6 Å². The number of imidazole rings is 1. The molecule has 1 aromatic heterocycles. The van der Waals surface area contributed by atoms with Gasteiger partial charge in [0.05, 0.1) is 23.7 Å². The zero-order valence-electron chi connectivity index (χ0n) is 9.24. The van der Waals surface area contributed by atoms with Crippen molar-refractivity contribution in [2.75, 3.05) is 7.11 Å². The molecule has 0 fully saturated rings. The molecule has 0 aliphatic carbocycles. The maximum atomic E-state index is 11.4. The summed E-state index contributed by atoms with van der Waals surface area (Å²) in [5.74, 6) is 0.545. The highest BCUT2D eigenvalue weighted by Crippen LogP contribution is 2.26. The Morgan fingerprint density at radius 1 is 1.50 bits per heavy atom. The second-order valence-electron chi connectivity index (χ2n) is 3.54. The number of rotatable bonds is 1. The Kier molecular flexibility index (Phi) is 2.71. The fourth-order valence-corrected chi connectivity index (χ4v) is 2.36. The van der Waals surface area contributed by atoms with Crippen LogP contribution in [0.25, 0.3) is 11.0 Å². The van der Waals surface area contributed by atoms with E-state index >= 15 is 0 Å². The largest absolute Gasteiger partial charge is 0.465 e. The molecule has 0 unspecified atom stereocenters. The van der Waals surface area contributed by atoms with E-state index in [-0.39, 0.29) is 5.97 Å². The third kappa shape index (κ3) is 1.61. The van der Waals surface area contributed by atoms with E-state index in [9.17, 15) is 4.79 Å². The number of carbonyl (C=O) groups excluding carboxylic acids is 1. The number of methoxy groups -OCH3 is 1. The molecule has 0 amide bonds. The van der Waals surface area contributed by atoms with Gasteiger partial charge in [-0.05, 0) is 35.0 Å². The second-order valence-corrected chi connectivity index (χ2v) is 4.39. The smallest absolute Gasteiger partial charge is 0.337 e. The van der Waals surface area contributed by atoms with E-state index in [1.54, 1.807) is 12.1 Å². The number of hydrogen-bond acceptors (Lipinski definition) is 3. The molecule has 1 aromatic carbocycles. The van der Waals surface area contributed by atoms with Crippen molar-refractivity contribution in [1.29, 1.82) is 0 Å². The molecule has 0 aliphatic heterocycles. The van der Waals surface area contributed by atoms with Crippen molar-refractivity contribution < 1.29 is 9.53 Å². The summed E-state index contributed by atoms with van der Waals surface area (Å²) in [6, 6.07) is 3.48. The van der Waals surface area contributed by atoms with Crippen LogP contribution in [-0.4, -0.2) is 22.6 Å². The third-order valence-electron chi connectivity index (χ3n) is 2.57. The van der Waals surface area contributed by atoms with Crippen LogP contribution >= 0.6 is 15.9 Å². The van der Waals surface area contributed by atoms with Crippen LogP contribution in [0.3, 0.4) is 0 Å². The molecule has 2 rings (SSSR count). The van der Waals surface area contributed by atoms with Crippen LogP contribution in [0.2, 0.25) is 0 Å². The van der Waals surface area contributed by atoms with Gasteiger partial charge < -0.3 is 9.30 Å². The maximum absolute atomic E-state index is 11.4. The third-order valence-corrected chi connectivity index (χ3v) is 3.17. The fraction of sp³-hybridized carbons (Fsp3) is 0.273. The minimum atomic E-state index is -0.356. The minimum absolute atomic E-state index is 0.356. The van der Waals surface area contributed by atoms with Gasteiger partial charge in [-0.1, -0.05) is 0 Å². The second kappa shape index (κ2) is 3.90. The SMILES string of the molecule is COC(=O)c1cc(Br)c2c(c1)nc(C)n2C. The molecule has 0 saturated carbocycles. The predicted molar refractivity (Wildman–Crippen MR) is 64.5 cm³/mol. The molecule has 0 atom stereocenters. The molecule has 0 radical (unpaired) electrons. The molecule has 0 aliphatic rings. The Morgan fingerprint density at radius 3 is 2.81 bits per heavy atom. The van der Waals surface area contributed by atoms with E-state index in [0.29, 0.717) is 5.56 Å². The van der Waals surface area contributed by atoms with Gasteiger partial charge in [0.25, 0.3) is 0 Å². The molecule has 1 heterocycles. The highest BCUT2D eigenvalue weighted by molar-refractivity contribution is 9.10. The first-order chi connectivity index (χ1) is 7.54. The molecule has 16 heavy (non-hydrogen) atoms. The number of aromatic nitrogens is 2. The van der Waals surface area contributed by atoms with E-state index in [1.807, 2.05) is 18.5 Å². The fourth-order valence-electron chi connectivity index (χ4n) is 1.65. The lowest BCUT2D eigenvalue weighted by molar-refractivity contribution is 0.0601. The molecule has 0 saturated heterocycles. The number of benzene rings is 1. The van der Waals surface area contributed by atoms with Crippen LogP contribution in [0, 0.1) is 6.92 Å². The number of ether oxygens (including phenoxy) is 1. The van der Waals surface area contributed by atoms with Crippen LogP contribution in [0.4, 0.5) is 0 Å². The lowest BCUT2D eigenvalue weighted by atomic mass is 10.2. The molecule has 0 N–H and O–H groups in total. The monoisotopic (exact) mass is 282 g/mol. The van der Waals surface area contributed by atoms with Gasteiger partial charge in [-0.3, -0.25) is 0 Å². The zero-order valence-corrected chi connectivity index (χ0v) is 10.8. The van der Waals surface area contributed by atoms with Gasteiger partial charge in [-0.25, -0.2) is 9.78 Å². The first kappa shape index (κ1) is 11.1. The van der Waals surface area contributed by atoms with Gasteiger partial charge in [0, 0.05) is 11.5 Å². The lowest BCUT2D eigenvalue weighted by Crippen LogP contribution is -2.01. The van der Waals surface area contributed by atoms with Crippen molar-refractivity contribution in [2.45, 2.75) is 6.92 Å². The Morgan fingerprint density at radius 2 is 2.19 bits per heavy atom. The lowest BCUT2D eigenvalue weighted by Gasteiger charge is -2.02. The predicted octanol–water partition coefficient (Wildman–Crippen LogP) is 2.43. The summed E-state index contributed by atoms with van der Waals surface area (Å²) in [6.07, 6.45) is 0. The van der Waals surface area contributed by atoms with E-state index in [1.165, 1.54) is 7.11 Å². The number of carbonyl (C=O) groups is 1. The molecular weight excluding hydrogens is 272 g/mol. The summed E-state index contributed by atoms with van der Waals surface area (Å²) in [5.41, 5.74) is 2.26. The molecule has 0 spiro atoms. The van der Waals surface area contributed by atoms with Crippen molar-refractivity contribution in [3.8, 4) is 0 Å². The molecule has 4 nitrogen and oxygen atoms in total. The maximum Gasteiger partial charge on any atom is 0.337 e. The minimum Gasteiger partial charge on any atom is -0.465 e. The van der Waals surface area contributed by atoms with E-state index < -0.39 is 0 Å². The van der Waals surface area contributed by atoms with Gasteiger partial charge in [0.2, 0.25) is 0 Å². The van der Waals surface area contributed by atoms with Crippen LogP contribution in [0.5, 0.6) is 0 Å². The van der Waals surface area contributed by atoms with Crippen molar-refractivity contribution in [3.05, 3.63) is 28.0 Å². The number of esters is 1. The molecule has 84 valence electrons. The van der Waals surface area contributed by atoms with Crippen LogP contribution in [0.1, 0.15) is 16.2 Å². The average molecular weight is 283 g/mol. The number of halogens is 1. The van der Waals surface area contributed by atoms with Crippen LogP contribution < -0.4 is 0 Å². The summed E-state index contributed by atoms with van der Waals surface area (Å²) < 4.78 is 7.50. The highest BCUT2D eigenvalue weighted by Gasteiger charge is 2.13. The topological polar surface area (TPSA) is 44.1 Å². The number of aryl methyl sites for hydroxylation is 2. The summed E-state index contributed by atoms with van der Waals surface area (Å²) >= 11 is 3.44. The van der Waals surface area contributed by atoms with Crippen molar-refractivity contribution in [1.82, 2.24) is 9.55 Å². The summed E-state index contributed by atoms with van der Waals surface area (Å²) in [5, 5.41) is 0. The Bertz CT molecular complexity index is 575. The zero-order chi connectivity index (χ0) is 11.9. The van der Waals surface area contributed by atoms with E-state index in [2.05, 4.69) is 25.7 Å². The van der Waals surface area contributed by atoms with Crippen molar-refractivity contribution in [2.24, 2.45) is 7.05 Å². The molecule has 0 bridgehead atoms. The summed E-state index contributed by atoms with van der Waals surface area (Å²) in [7, 11) is 3.30. The van der Waals surface area contributed by atoms with E-state index in [4.69, 9.17) is 0 Å².